The van der Waals surface area contributed by atoms with Gasteiger partial charge in [0.25, 0.3) is 0 Å². The minimum atomic E-state index is -0.609. The Kier molecular flexibility index (Phi) is 2.30. The number of nitrogens with one attached hydrogen (secondary N) is 1. The van der Waals surface area contributed by atoms with E-state index < -0.39 is 5.82 Å². The van der Waals surface area contributed by atoms with Crippen LogP contribution >= 0.6 is 27.7 Å². The topological polar surface area (TPSA) is 56.3 Å². The Morgan fingerprint density at radius 1 is 1.53 bits per heavy atom. The normalized spacial score (nSPS) is 14.2. The molecule has 0 radical (unpaired) electrons. The zero-order valence-corrected chi connectivity index (χ0v) is 10.8. The van der Waals surface area contributed by atoms with Gasteiger partial charge in [-0.1, -0.05) is 11.8 Å². The Bertz CT molecular complexity index is 672. The summed E-state index contributed by atoms with van der Waals surface area (Å²) in [6.07, 6.45) is 1.64. The summed E-state index contributed by atoms with van der Waals surface area (Å²) in [6, 6.07) is 0. The van der Waals surface area contributed by atoms with Crippen LogP contribution in [0.15, 0.2) is 15.8 Å². The first kappa shape index (κ1) is 9.86. The highest BCUT2D eigenvalue weighted by Crippen LogP contribution is 2.45. The van der Waals surface area contributed by atoms with Crippen LogP contribution in [0, 0.1) is 5.82 Å². The Morgan fingerprint density at radius 2 is 2.29 bits per heavy atom. The number of fused-ring (bicyclic) bond motifs is 3. The van der Waals surface area contributed by atoms with Crippen molar-refractivity contribution in [3.05, 3.63) is 16.5 Å². The summed E-state index contributed by atoms with van der Waals surface area (Å²) in [5.74, 6) is -0.257. The summed E-state index contributed by atoms with van der Waals surface area (Å²) >= 11 is 4.31. The maximum atomic E-state index is 14.2. The molecule has 1 aromatic heterocycles. The molecule has 5 nitrogen and oxygen atoms in total. The Labute approximate surface area is 109 Å². The summed E-state index contributed by atoms with van der Waals surface area (Å²) in [5.41, 5.74) is 2.19. The fourth-order valence-electron chi connectivity index (χ4n) is 1.45. The predicted molar refractivity (Wildman–Crippen MR) is 63.4 cm³/mol. The van der Waals surface area contributed by atoms with Crippen LogP contribution in [0.5, 0.6) is 11.5 Å². The van der Waals surface area contributed by atoms with Crippen molar-refractivity contribution in [1.82, 2.24) is 15.6 Å². The van der Waals surface area contributed by atoms with Crippen molar-refractivity contribution in [2.24, 2.45) is 0 Å². The maximum Gasteiger partial charge on any atom is 0.213 e. The first-order chi connectivity index (χ1) is 8.63. The molecular weight excluding hydrogens is 313 g/mol. The van der Waals surface area contributed by atoms with Crippen LogP contribution in [0.25, 0.3) is 10.9 Å². The van der Waals surface area contributed by atoms with Crippen molar-refractivity contribution < 1.29 is 15.4 Å². The maximum absolute atomic E-state index is 14.2. The smallest absolute Gasteiger partial charge is 0.213 e. The van der Waals surface area contributed by atoms with Gasteiger partial charge < -0.3 is 9.68 Å². The van der Waals surface area contributed by atoms with E-state index in [0.29, 0.717) is 5.16 Å². The molecule has 0 saturated heterocycles. The molecule has 17 heavy (non-hydrogen) atoms. The molecule has 88 valence electrons. The molecule has 0 unspecified atom stereocenters. The largest absolute Gasteiger partial charge is 0.369 e. The highest BCUT2D eigenvalue weighted by atomic mass is 79.9. The van der Waals surface area contributed by atoms with Crippen LogP contribution in [0.1, 0.15) is 1.37 Å². The second kappa shape index (κ2) is 3.97. The van der Waals surface area contributed by atoms with E-state index in [1.54, 1.807) is 6.26 Å². The lowest BCUT2D eigenvalue weighted by Gasteiger charge is -2.05. The lowest BCUT2D eigenvalue weighted by molar-refractivity contribution is 0.0262. The van der Waals surface area contributed by atoms with Crippen molar-refractivity contribution >= 4 is 38.6 Å². The minimum absolute atomic E-state index is 0.0253. The summed E-state index contributed by atoms with van der Waals surface area (Å²) < 4.78 is 22.1. The number of thioether (sulfide) groups is 1. The molecule has 0 fully saturated rings. The summed E-state index contributed by atoms with van der Waals surface area (Å²) in [4.78, 5) is 17.9. The molecule has 3 rings (SSSR count). The Balaban J connectivity index is 2.48. The molecule has 1 N–H and O–H groups in total. The SMILES string of the molecule is [2H]c1nc(SC)nc2c(F)c(Br)c3c(c12)ONO3. The molecule has 1 aromatic carbocycles. The van der Waals surface area contributed by atoms with Crippen LogP contribution in [-0.2, 0) is 0 Å². The number of benzene rings is 1. The van der Waals surface area contributed by atoms with E-state index in [1.807, 2.05) is 0 Å². The molecule has 1 aliphatic heterocycles. The van der Waals surface area contributed by atoms with Gasteiger partial charge >= 0.3 is 0 Å². The number of rotatable bonds is 1. The van der Waals surface area contributed by atoms with Crippen molar-refractivity contribution in [3.63, 3.8) is 0 Å². The van der Waals surface area contributed by atoms with E-state index in [4.69, 9.17) is 11.0 Å². The van der Waals surface area contributed by atoms with Crippen molar-refractivity contribution in [3.8, 4) is 11.5 Å². The molecule has 0 aliphatic carbocycles. The van der Waals surface area contributed by atoms with Gasteiger partial charge in [0, 0.05) is 11.8 Å². The molecule has 8 heteroatoms. The molecule has 0 bridgehead atoms. The van der Waals surface area contributed by atoms with Crippen LogP contribution in [-0.4, -0.2) is 16.2 Å². The standard InChI is InChI=1S/C9H5BrFN3O2S/c1-17-9-12-2-3-6(13-9)5(11)4(10)8-7(3)15-14-16-8/h2,14H,1H3/i2D. The van der Waals surface area contributed by atoms with Crippen LogP contribution < -0.4 is 15.3 Å². The summed E-state index contributed by atoms with van der Waals surface area (Å²) in [7, 11) is 0. The third kappa shape index (κ3) is 1.55. The second-order valence-electron chi connectivity index (χ2n) is 3.12. The van der Waals surface area contributed by atoms with Gasteiger partial charge in [0.2, 0.25) is 11.5 Å². The van der Waals surface area contributed by atoms with Crippen molar-refractivity contribution in [1.29, 1.82) is 0 Å². The third-order valence-electron chi connectivity index (χ3n) is 2.21. The fourth-order valence-corrected chi connectivity index (χ4v) is 2.22. The van der Waals surface area contributed by atoms with Gasteiger partial charge in [-0.05, 0) is 22.2 Å². The van der Waals surface area contributed by atoms with Crippen molar-refractivity contribution in [2.45, 2.75) is 5.16 Å². The molecule has 0 spiro atoms. The van der Waals surface area contributed by atoms with E-state index in [-0.39, 0.29) is 33.0 Å². The van der Waals surface area contributed by atoms with E-state index in [9.17, 15) is 4.39 Å². The van der Waals surface area contributed by atoms with Crippen LogP contribution in [0.3, 0.4) is 0 Å². The van der Waals surface area contributed by atoms with Crippen molar-refractivity contribution in [2.75, 3.05) is 6.26 Å². The highest BCUT2D eigenvalue weighted by Gasteiger charge is 2.27. The molecule has 0 atom stereocenters. The average molecular weight is 319 g/mol. The molecule has 1 aliphatic rings. The zero-order valence-electron chi connectivity index (χ0n) is 9.38. The van der Waals surface area contributed by atoms with E-state index in [1.165, 1.54) is 11.8 Å². The first-order valence-electron chi connectivity index (χ1n) is 4.95. The Hall–Kier alpha value is -1.12. The van der Waals surface area contributed by atoms with Gasteiger partial charge in [-0.15, -0.1) is 0 Å². The predicted octanol–water partition coefficient (Wildman–Crippen LogP) is 2.44. The van der Waals surface area contributed by atoms with Gasteiger partial charge in [-0.25, -0.2) is 14.4 Å². The first-order valence-corrected chi connectivity index (χ1v) is 6.47. The summed E-state index contributed by atoms with van der Waals surface area (Å²) in [5, 5.41) is 0.499. The minimum Gasteiger partial charge on any atom is -0.369 e. The van der Waals surface area contributed by atoms with Gasteiger partial charge in [-0.3, -0.25) is 0 Å². The third-order valence-corrected chi connectivity index (χ3v) is 3.47. The monoisotopic (exact) mass is 318 g/mol. The van der Waals surface area contributed by atoms with E-state index >= 15 is 0 Å². The number of hydrogen-bond donors (Lipinski definition) is 1. The molecular formula is C9H5BrFN3O2S. The van der Waals surface area contributed by atoms with Gasteiger partial charge in [0.1, 0.15) is 9.99 Å². The van der Waals surface area contributed by atoms with Gasteiger partial charge in [0.05, 0.1) is 6.76 Å². The molecule has 2 aromatic rings. The quantitative estimate of drug-likeness (QED) is 0.644. The van der Waals surface area contributed by atoms with Crippen LogP contribution in [0.2, 0.25) is 0 Å². The highest BCUT2D eigenvalue weighted by molar-refractivity contribution is 9.10. The number of nitrogens with zero attached hydrogens (tertiary/aromatic N) is 2. The number of aromatic nitrogens is 2. The van der Waals surface area contributed by atoms with Gasteiger partial charge in [-0.2, -0.15) is 0 Å². The molecule has 0 amide bonds. The van der Waals surface area contributed by atoms with Crippen LogP contribution in [0.4, 0.5) is 4.39 Å². The lowest BCUT2D eigenvalue weighted by Crippen LogP contribution is -2.14. The fraction of sp³-hybridized carbons (Fsp3) is 0.111. The average Bonchev–Trinajstić information content (AvgIpc) is 2.84. The lowest BCUT2D eigenvalue weighted by atomic mass is 10.2. The number of halogens is 2. The van der Waals surface area contributed by atoms with E-state index in [0.717, 1.165) is 0 Å². The summed E-state index contributed by atoms with van der Waals surface area (Å²) in [6.45, 7) is 0. The van der Waals surface area contributed by atoms with Gasteiger partial charge in [0.15, 0.2) is 11.0 Å². The number of hydrogen-bond acceptors (Lipinski definition) is 6. The molecule has 0 saturated carbocycles. The second-order valence-corrected chi connectivity index (χ2v) is 4.69. The van der Waals surface area contributed by atoms with E-state index in [2.05, 4.69) is 31.5 Å². The zero-order chi connectivity index (χ0) is 12.9. The molecule has 2 heterocycles. The Morgan fingerprint density at radius 3 is 3.06 bits per heavy atom.